The van der Waals surface area contributed by atoms with Gasteiger partial charge in [-0.05, 0) is 70.6 Å². The van der Waals surface area contributed by atoms with E-state index < -0.39 is 50.7 Å². The fourth-order valence-corrected chi connectivity index (χ4v) is 8.01. The monoisotopic (exact) mass is 942 g/mol. The molecule has 0 amide bonds. The molecular weight excluding hydrogens is 848 g/mol. The Morgan fingerprint density at radius 3 is 1.39 bits per heavy atom. The van der Waals surface area contributed by atoms with Crippen LogP contribution in [0.15, 0.2) is 0 Å². The number of hydrogen-bond donors (Lipinski definition) is 5. The van der Waals surface area contributed by atoms with Crippen LogP contribution in [0.3, 0.4) is 0 Å². The lowest BCUT2D eigenvalue weighted by Gasteiger charge is -2.46. The lowest BCUT2D eigenvalue weighted by atomic mass is 9.61. The minimum Gasteiger partial charge on any atom is -0.389 e. The summed E-state index contributed by atoms with van der Waals surface area (Å²) < 4.78 is 130. The quantitative estimate of drug-likeness (QED) is 0.0593. The van der Waals surface area contributed by atoms with E-state index in [-0.39, 0.29) is 86.7 Å². The van der Waals surface area contributed by atoms with Gasteiger partial charge in [0, 0.05) is 46.4 Å². The van der Waals surface area contributed by atoms with Crippen LogP contribution in [0.4, 0.5) is 44.0 Å². The van der Waals surface area contributed by atoms with Crippen molar-refractivity contribution in [1.82, 2.24) is 10.6 Å². The van der Waals surface area contributed by atoms with E-state index in [4.69, 9.17) is 10.5 Å². The average Bonchev–Trinajstić information content (AvgIpc) is 3.05. The maximum absolute atomic E-state index is 11.9. The Labute approximate surface area is 370 Å². The Kier molecular flexibility index (Phi) is 45.4. The molecule has 6 atom stereocenters. The third kappa shape index (κ3) is 35.2. The highest BCUT2D eigenvalue weighted by molar-refractivity contribution is 4.94. The second-order valence-corrected chi connectivity index (χ2v) is 17.1. The summed E-state index contributed by atoms with van der Waals surface area (Å²) in [4.78, 5) is 1.68. The standard InChI is InChI=1S/C15H31FN2O2.C15H30FNO2.C3H3F5O2.C3H5F3O.6CH4/c1-14(2)6-12(17)7-15(3,10-14)11-18-8-13(19)9-20-5-4-16;1-12-5-14(2,3)9-15(4,6-12)10-17-7-13(18)8-19-11-16;1-9-2(4,5)3(6,7)10-8;1-7-3(5,6)2-4;;;;;;/h12-13,18-19H,4-11,17H2,1-3H3;12-13,17-18H,5-11H2,1-4H3;1H3;2H2,1H3;6*1H4. The number of halogens is 10. The average molecular weight is 942 g/mol. The maximum Gasteiger partial charge on any atom is 0.478 e. The molecule has 2 saturated carbocycles. The van der Waals surface area contributed by atoms with Crippen molar-refractivity contribution in [2.45, 2.75) is 168 Å². The second kappa shape index (κ2) is 36.1. The Balaban J connectivity index is -0.000000108. The summed E-state index contributed by atoms with van der Waals surface area (Å²) in [6.07, 6.45) is -8.05. The summed E-state index contributed by atoms with van der Waals surface area (Å²) in [5, 5.41) is 25.9. The molecular formula is C42H93F10N3O7. The van der Waals surface area contributed by atoms with Crippen molar-refractivity contribution >= 4 is 0 Å². The number of hydrogen-bond acceptors (Lipinski definition) is 10. The highest BCUT2D eigenvalue weighted by atomic mass is 19.4. The van der Waals surface area contributed by atoms with E-state index in [0.717, 1.165) is 45.4 Å². The van der Waals surface area contributed by atoms with Crippen LogP contribution in [0.25, 0.3) is 0 Å². The highest BCUT2D eigenvalue weighted by Gasteiger charge is 2.61. The maximum atomic E-state index is 11.9. The molecule has 0 spiro atoms. The first-order valence-corrected chi connectivity index (χ1v) is 18.4. The van der Waals surface area contributed by atoms with Gasteiger partial charge >= 0.3 is 18.3 Å². The summed E-state index contributed by atoms with van der Waals surface area (Å²) in [5.41, 5.74) is 7.28. The summed E-state index contributed by atoms with van der Waals surface area (Å²) in [5.74, 6) is 0.746. The molecule has 2 rings (SSSR count). The molecule has 2 fully saturated rings. The van der Waals surface area contributed by atoms with Crippen molar-refractivity contribution in [2.24, 2.45) is 33.3 Å². The van der Waals surface area contributed by atoms with Crippen molar-refractivity contribution in [3.63, 3.8) is 0 Å². The molecule has 0 saturated heterocycles. The van der Waals surface area contributed by atoms with Gasteiger partial charge in [-0.15, -0.1) is 4.94 Å². The minimum absolute atomic E-state index is 0. The first-order valence-electron chi connectivity index (χ1n) is 18.4. The SMILES string of the molecule is C.C.C.C.C.C.CC1(C)CC(N)CC(C)(CNCC(O)COCCF)C1.CC1CC(C)(C)CC(C)(CNCC(O)COCF)C1.COC(F)(F)C(F)(F)OF.COC(F)(F)CF. The van der Waals surface area contributed by atoms with Crippen molar-refractivity contribution < 1.29 is 78.1 Å². The molecule has 0 aromatic rings. The zero-order valence-electron chi connectivity index (χ0n) is 34.4. The lowest BCUT2D eigenvalue weighted by Crippen LogP contribution is -2.47. The van der Waals surface area contributed by atoms with Gasteiger partial charge in [0.05, 0.1) is 32.0 Å². The van der Waals surface area contributed by atoms with Gasteiger partial charge in [-0.1, -0.05) is 93.0 Å². The van der Waals surface area contributed by atoms with Gasteiger partial charge in [-0.25, -0.2) is 13.2 Å². The van der Waals surface area contributed by atoms with E-state index in [9.17, 15) is 54.3 Å². The molecule has 6 unspecified atom stereocenters. The van der Waals surface area contributed by atoms with Crippen LogP contribution in [0.2, 0.25) is 0 Å². The molecule has 0 radical (unpaired) electrons. The van der Waals surface area contributed by atoms with Crippen LogP contribution in [-0.2, 0) is 23.9 Å². The topological polar surface area (TPSA) is 137 Å². The van der Waals surface area contributed by atoms with Crippen LogP contribution in [0.1, 0.15) is 132 Å². The predicted molar refractivity (Wildman–Crippen MR) is 233 cm³/mol. The molecule has 0 heterocycles. The number of aliphatic hydroxyl groups excluding tert-OH is 2. The molecule has 10 nitrogen and oxygen atoms in total. The summed E-state index contributed by atoms with van der Waals surface area (Å²) in [6.45, 7) is 16.0. The smallest absolute Gasteiger partial charge is 0.389 e. The predicted octanol–water partition coefficient (Wildman–Crippen LogP) is 10.9. The third-order valence-corrected chi connectivity index (χ3v) is 9.05. The van der Waals surface area contributed by atoms with E-state index in [1.807, 2.05) is 0 Å². The van der Waals surface area contributed by atoms with Crippen LogP contribution in [-0.4, -0.2) is 127 Å². The molecule has 2 aliphatic rings. The largest absolute Gasteiger partial charge is 0.478 e. The Morgan fingerprint density at radius 2 is 1.08 bits per heavy atom. The van der Waals surface area contributed by atoms with Gasteiger partial charge < -0.3 is 45.5 Å². The van der Waals surface area contributed by atoms with Crippen LogP contribution < -0.4 is 16.4 Å². The number of rotatable bonds is 20. The number of nitrogens with one attached hydrogen (secondary N) is 2. The fourth-order valence-electron chi connectivity index (χ4n) is 8.01. The van der Waals surface area contributed by atoms with Crippen LogP contribution in [0.5, 0.6) is 0 Å². The molecule has 2 aliphatic carbocycles. The van der Waals surface area contributed by atoms with Crippen molar-refractivity contribution in [3.8, 4) is 0 Å². The van der Waals surface area contributed by atoms with Crippen molar-refractivity contribution in [1.29, 1.82) is 0 Å². The molecule has 20 heteroatoms. The molecule has 0 aromatic heterocycles. The van der Waals surface area contributed by atoms with Crippen molar-refractivity contribution in [3.05, 3.63) is 0 Å². The Hall–Kier alpha value is -1.10. The number of alkyl halides is 9. The molecule has 0 aromatic carbocycles. The van der Waals surface area contributed by atoms with Gasteiger partial charge in [-0.2, -0.15) is 26.3 Å². The van der Waals surface area contributed by atoms with E-state index in [2.05, 4.69) is 73.3 Å². The van der Waals surface area contributed by atoms with E-state index in [0.29, 0.717) is 25.6 Å². The normalized spacial score (nSPS) is 23.5. The summed E-state index contributed by atoms with van der Waals surface area (Å²) in [6, 6.07) is 0.253. The van der Waals surface area contributed by atoms with Gasteiger partial charge in [0.25, 0.3) is 0 Å². The zero-order chi connectivity index (χ0) is 44.1. The molecule has 62 heavy (non-hydrogen) atoms. The van der Waals surface area contributed by atoms with Crippen molar-refractivity contribution in [2.75, 3.05) is 80.4 Å². The third-order valence-electron chi connectivity index (χ3n) is 9.05. The van der Waals surface area contributed by atoms with Crippen LogP contribution >= 0.6 is 0 Å². The summed E-state index contributed by atoms with van der Waals surface area (Å²) >= 11 is 0. The van der Waals surface area contributed by atoms with E-state index in [1.165, 1.54) is 19.3 Å². The van der Waals surface area contributed by atoms with E-state index in [1.54, 1.807) is 4.94 Å². The Bertz CT molecular complexity index is 1010. The van der Waals surface area contributed by atoms with Gasteiger partial charge in [-0.3, -0.25) is 0 Å². The number of nitrogens with two attached hydrogens (primary N) is 1. The minimum atomic E-state index is -5.23. The van der Waals surface area contributed by atoms with Gasteiger partial charge in [0.1, 0.15) is 6.67 Å². The molecule has 0 aliphatic heterocycles. The fraction of sp³-hybridized carbons (Fsp3) is 1.00. The summed E-state index contributed by atoms with van der Waals surface area (Å²) in [7, 11) is 1.05. The molecule has 0 bridgehead atoms. The highest BCUT2D eigenvalue weighted by Crippen LogP contribution is 2.48. The second-order valence-electron chi connectivity index (χ2n) is 17.1. The lowest BCUT2D eigenvalue weighted by molar-refractivity contribution is -0.476. The molecule has 388 valence electrons. The first kappa shape index (κ1) is 78.1. The van der Waals surface area contributed by atoms with Crippen LogP contribution in [0, 0.1) is 27.6 Å². The van der Waals surface area contributed by atoms with Gasteiger partial charge in [0.15, 0.2) is 13.5 Å². The first-order chi connectivity index (χ1) is 25.5. The number of methoxy groups -OCH3 is 2. The number of ether oxygens (including phenoxy) is 4. The molecule has 6 N–H and O–H groups in total. The zero-order valence-corrected chi connectivity index (χ0v) is 34.4. The Morgan fingerprint density at radius 1 is 0.661 bits per heavy atom. The number of aliphatic hydroxyl groups is 2. The van der Waals surface area contributed by atoms with E-state index >= 15 is 0 Å². The van der Waals surface area contributed by atoms with Gasteiger partial charge in [0.2, 0.25) is 0 Å².